The van der Waals surface area contributed by atoms with E-state index in [-0.39, 0.29) is 5.91 Å². The van der Waals surface area contributed by atoms with E-state index in [0.717, 1.165) is 62.6 Å². The molecule has 1 aliphatic carbocycles. The molecular formula is C23H32ClN3O2. The smallest absolute Gasteiger partial charge is 0.240 e. The average Bonchev–Trinajstić information content (AvgIpc) is 2.98. The van der Waals surface area contributed by atoms with E-state index in [4.69, 9.17) is 16.3 Å². The lowest BCUT2D eigenvalue weighted by molar-refractivity contribution is -0.122. The van der Waals surface area contributed by atoms with Gasteiger partial charge in [0, 0.05) is 47.3 Å². The molecule has 1 aromatic carbocycles. The Morgan fingerprint density at radius 1 is 1.21 bits per heavy atom. The van der Waals surface area contributed by atoms with Crippen LogP contribution < -0.4 is 5.32 Å². The van der Waals surface area contributed by atoms with Crippen molar-refractivity contribution < 1.29 is 9.53 Å². The van der Waals surface area contributed by atoms with Gasteiger partial charge >= 0.3 is 0 Å². The van der Waals surface area contributed by atoms with Crippen LogP contribution >= 0.6 is 11.6 Å². The van der Waals surface area contributed by atoms with Crippen LogP contribution in [-0.4, -0.2) is 54.3 Å². The van der Waals surface area contributed by atoms with Crippen LogP contribution in [0.15, 0.2) is 18.2 Å². The van der Waals surface area contributed by atoms with Crippen molar-refractivity contribution in [1.82, 2.24) is 14.8 Å². The largest absolute Gasteiger partial charge is 0.379 e. The van der Waals surface area contributed by atoms with Crippen molar-refractivity contribution in [1.29, 1.82) is 0 Å². The monoisotopic (exact) mass is 417 g/mol. The first-order valence-corrected chi connectivity index (χ1v) is 11.4. The molecule has 2 aromatic rings. The third-order valence-corrected chi connectivity index (χ3v) is 6.70. The van der Waals surface area contributed by atoms with Gasteiger partial charge in [-0.3, -0.25) is 9.69 Å². The molecule has 5 nitrogen and oxygen atoms in total. The highest BCUT2D eigenvalue weighted by molar-refractivity contribution is 6.31. The number of nitrogens with one attached hydrogen (secondary N) is 1. The van der Waals surface area contributed by atoms with Crippen LogP contribution in [0.25, 0.3) is 10.9 Å². The zero-order chi connectivity index (χ0) is 20.2. The number of halogens is 1. The number of amides is 1. The number of hydrogen-bond acceptors (Lipinski definition) is 3. The molecule has 0 atom stereocenters. The fourth-order valence-electron chi connectivity index (χ4n) is 4.80. The second kappa shape index (κ2) is 9.50. The fraction of sp³-hybridized carbons (Fsp3) is 0.609. The van der Waals surface area contributed by atoms with Crippen molar-refractivity contribution in [2.75, 3.05) is 32.8 Å². The topological polar surface area (TPSA) is 46.5 Å². The fourth-order valence-corrected chi connectivity index (χ4v) is 4.97. The Morgan fingerprint density at radius 2 is 1.97 bits per heavy atom. The van der Waals surface area contributed by atoms with Gasteiger partial charge in [-0.1, -0.05) is 30.9 Å². The van der Waals surface area contributed by atoms with Gasteiger partial charge in [0.2, 0.25) is 5.91 Å². The highest BCUT2D eigenvalue weighted by atomic mass is 35.5. The van der Waals surface area contributed by atoms with Crippen LogP contribution in [0.1, 0.15) is 43.4 Å². The van der Waals surface area contributed by atoms with Gasteiger partial charge in [-0.15, -0.1) is 0 Å². The second-order valence-electron chi connectivity index (χ2n) is 8.42. The van der Waals surface area contributed by atoms with E-state index in [9.17, 15) is 4.79 Å². The lowest BCUT2D eigenvalue weighted by Crippen LogP contribution is -2.38. The van der Waals surface area contributed by atoms with Gasteiger partial charge in [0.1, 0.15) is 6.54 Å². The first-order chi connectivity index (χ1) is 14.1. The number of nitrogens with zero attached hydrogens (tertiary/aromatic N) is 2. The van der Waals surface area contributed by atoms with E-state index >= 15 is 0 Å². The van der Waals surface area contributed by atoms with Crippen molar-refractivity contribution in [2.45, 2.75) is 58.0 Å². The standard InChI is InChI=1S/C23H32ClN3O2/c1-17-20(9-10-26-11-13-29-14-12-26)21-15-18(24)7-8-22(21)27(17)16-23(28)25-19-5-3-2-4-6-19/h7-8,15,19H,2-6,9-14,16H2,1H3,(H,25,28). The molecule has 2 aliphatic rings. The summed E-state index contributed by atoms with van der Waals surface area (Å²) >= 11 is 6.32. The van der Waals surface area contributed by atoms with E-state index in [1.54, 1.807) is 0 Å². The van der Waals surface area contributed by atoms with Crippen LogP contribution in [0.2, 0.25) is 5.02 Å². The Kier molecular flexibility index (Phi) is 6.78. The molecule has 4 rings (SSSR count). The summed E-state index contributed by atoms with van der Waals surface area (Å²) in [6.07, 6.45) is 6.91. The molecule has 0 bridgehead atoms. The highest BCUT2D eigenvalue weighted by Crippen LogP contribution is 2.29. The molecule has 2 fully saturated rings. The van der Waals surface area contributed by atoms with Crippen molar-refractivity contribution in [3.05, 3.63) is 34.5 Å². The Hall–Kier alpha value is -1.56. The summed E-state index contributed by atoms with van der Waals surface area (Å²) in [4.78, 5) is 15.2. The summed E-state index contributed by atoms with van der Waals surface area (Å²) in [6.45, 7) is 7.12. The summed E-state index contributed by atoms with van der Waals surface area (Å²) in [5.41, 5.74) is 3.58. The Bertz CT molecular complexity index is 851. The molecule has 1 aliphatic heterocycles. The van der Waals surface area contributed by atoms with Gasteiger partial charge in [0.25, 0.3) is 0 Å². The van der Waals surface area contributed by atoms with Gasteiger partial charge in [0.05, 0.1) is 13.2 Å². The summed E-state index contributed by atoms with van der Waals surface area (Å²) in [5, 5.41) is 5.17. The van der Waals surface area contributed by atoms with E-state index in [1.807, 2.05) is 12.1 Å². The molecule has 0 unspecified atom stereocenters. The predicted octanol–water partition coefficient (Wildman–Crippen LogP) is 3.93. The number of aromatic nitrogens is 1. The van der Waals surface area contributed by atoms with Crippen LogP contribution in [0.4, 0.5) is 0 Å². The number of morpholine rings is 1. The molecule has 2 heterocycles. The van der Waals surface area contributed by atoms with Crippen LogP contribution in [0.5, 0.6) is 0 Å². The van der Waals surface area contributed by atoms with E-state index in [1.165, 1.54) is 35.9 Å². The number of benzene rings is 1. The second-order valence-corrected chi connectivity index (χ2v) is 8.85. The summed E-state index contributed by atoms with van der Waals surface area (Å²) in [7, 11) is 0. The highest BCUT2D eigenvalue weighted by Gasteiger charge is 2.20. The minimum absolute atomic E-state index is 0.117. The average molecular weight is 418 g/mol. The summed E-state index contributed by atoms with van der Waals surface area (Å²) in [6, 6.07) is 6.36. The molecule has 1 aromatic heterocycles. The molecule has 158 valence electrons. The quantitative estimate of drug-likeness (QED) is 0.774. The van der Waals surface area contributed by atoms with Gasteiger partial charge in [-0.25, -0.2) is 0 Å². The van der Waals surface area contributed by atoms with Crippen LogP contribution in [-0.2, 0) is 22.5 Å². The molecule has 1 amide bonds. The third-order valence-electron chi connectivity index (χ3n) is 6.47. The van der Waals surface area contributed by atoms with Crippen molar-refractivity contribution in [2.24, 2.45) is 0 Å². The molecule has 0 radical (unpaired) electrons. The number of ether oxygens (including phenoxy) is 1. The summed E-state index contributed by atoms with van der Waals surface area (Å²) < 4.78 is 7.63. The zero-order valence-electron chi connectivity index (χ0n) is 17.4. The van der Waals surface area contributed by atoms with Crippen LogP contribution in [0, 0.1) is 6.92 Å². The third kappa shape index (κ3) is 4.96. The minimum atomic E-state index is 0.117. The van der Waals surface area contributed by atoms with Gasteiger partial charge in [-0.2, -0.15) is 0 Å². The molecule has 1 saturated heterocycles. The lowest BCUT2D eigenvalue weighted by atomic mass is 9.95. The van der Waals surface area contributed by atoms with E-state index in [2.05, 4.69) is 27.8 Å². The molecule has 1 N–H and O–H groups in total. The molecule has 0 spiro atoms. The maximum absolute atomic E-state index is 12.8. The minimum Gasteiger partial charge on any atom is -0.379 e. The number of hydrogen-bond donors (Lipinski definition) is 1. The van der Waals surface area contributed by atoms with E-state index < -0.39 is 0 Å². The molecule has 6 heteroatoms. The SMILES string of the molecule is Cc1c(CCN2CCOCC2)c2cc(Cl)ccc2n1CC(=O)NC1CCCCC1. The Balaban J connectivity index is 1.53. The lowest BCUT2D eigenvalue weighted by Gasteiger charge is -2.26. The van der Waals surface area contributed by atoms with Gasteiger partial charge in [-0.05, 0) is 49.9 Å². The maximum Gasteiger partial charge on any atom is 0.240 e. The number of carbonyl (C=O) groups excluding carboxylic acids is 1. The summed E-state index contributed by atoms with van der Waals surface area (Å²) in [5.74, 6) is 0.117. The molecular weight excluding hydrogens is 386 g/mol. The first-order valence-electron chi connectivity index (χ1n) is 11.0. The Morgan fingerprint density at radius 3 is 2.72 bits per heavy atom. The van der Waals surface area contributed by atoms with Crippen LogP contribution in [0.3, 0.4) is 0 Å². The van der Waals surface area contributed by atoms with Crippen molar-refractivity contribution >= 4 is 28.4 Å². The number of rotatable bonds is 6. The Labute approximate surface area is 178 Å². The van der Waals surface area contributed by atoms with Gasteiger partial charge < -0.3 is 14.6 Å². The predicted molar refractivity (Wildman–Crippen MR) is 118 cm³/mol. The molecule has 1 saturated carbocycles. The number of fused-ring (bicyclic) bond motifs is 1. The number of carbonyl (C=O) groups is 1. The van der Waals surface area contributed by atoms with E-state index in [0.29, 0.717) is 12.6 Å². The van der Waals surface area contributed by atoms with Crippen molar-refractivity contribution in [3.63, 3.8) is 0 Å². The zero-order valence-corrected chi connectivity index (χ0v) is 18.1. The molecule has 29 heavy (non-hydrogen) atoms. The maximum atomic E-state index is 12.8. The first kappa shape index (κ1) is 20.7. The normalized spacial score (nSPS) is 19.0. The van der Waals surface area contributed by atoms with Gasteiger partial charge in [0.15, 0.2) is 0 Å². The van der Waals surface area contributed by atoms with Crippen molar-refractivity contribution in [3.8, 4) is 0 Å².